The van der Waals surface area contributed by atoms with Crippen LogP contribution in [-0.4, -0.2) is 48.0 Å². The van der Waals surface area contributed by atoms with Crippen molar-refractivity contribution in [1.82, 2.24) is 15.2 Å². The van der Waals surface area contributed by atoms with Crippen molar-refractivity contribution in [3.63, 3.8) is 0 Å². The van der Waals surface area contributed by atoms with Crippen LogP contribution in [0.5, 0.6) is 0 Å². The largest absolute Gasteiger partial charge is 0.312 e. The van der Waals surface area contributed by atoms with E-state index in [1.165, 1.54) is 11.3 Å². The molecule has 1 aliphatic heterocycles. The van der Waals surface area contributed by atoms with Gasteiger partial charge in [0.1, 0.15) is 0 Å². The molecule has 5 nitrogen and oxygen atoms in total. The molecule has 2 N–H and O–H groups in total. The van der Waals surface area contributed by atoms with Crippen molar-refractivity contribution in [2.24, 2.45) is 0 Å². The SMILES string of the molecule is CC1CN(CC(=O)Nc2nccs2)CCN1. The number of carbonyl (C=O) groups is 1. The van der Waals surface area contributed by atoms with E-state index < -0.39 is 0 Å². The summed E-state index contributed by atoms with van der Waals surface area (Å²) < 4.78 is 0. The number of nitrogens with one attached hydrogen (secondary N) is 2. The molecular weight excluding hydrogens is 224 g/mol. The number of nitrogens with zero attached hydrogens (tertiary/aromatic N) is 2. The van der Waals surface area contributed by atoms with Gasteiger partial charge in [-0.25, -0.2) is 4.98 Å². The van der Waals surface area contributed by atoms with Gasteiger partial charge in [0.2, 0.25) is 5.91 Å². The molecule has 0 aromatic carbocycles. The molecule has 2 rings (SSSR count). The summed E-state index contributed by atoms with van der Waals surface area (Å²) in [7, 11) is 0. The average Bonchev–Trinajstić information content (AvgIpc) is 2.70. The number of amides is 1. The van der Waals surface area contributed by atoms with E-state index in [2.05, 4.69) is 27.4 Å². The zero-order valence-electron chi connectivity index (χ0n) is 9.27. The summed E-state index contributed by atoms with van der Waals surface area (Å²) in [6.07, 6.45) is 1.69. The normalized spacial score (nSPS) is 21.9. The molecule has 0 spiro atoms. The van der Waals surface area contributed by atoms with Gasteiger partial charge in [-0.05, 0) is 6.92 Å². The first kappa shape index (κ1) is 11.5. The summed E-state index contributed by atoms with van der Waals surface area (Å²) in [5.41, 5.74) is 0. The zero-order chi connectivity index (χ0) is 11.4. The molecule has 1 amide bonds. The monoisotopic (exact) mass is 240 g/mol. The van der Waals surface area contributed by atoms with Gasteiger partial charge in [0.25, 0.3) is 0 Å². The number of piperazine rings is 1. The van der Waals surface area contributed by atoms with Crippen molar-refractivity contribution in [3.05, 3.63) is 11.6 Å². The number of rotatable bonds is 3. The minimum atomic E-state index is 0.0176. The third-order valence-electron chi connectivity index (χ3n) is 2.50. The fourth-order valence-corrected chi connectivity index (χ4v) is 2.35. The second-order valence-corrected chi connectivity index (χ2v) is 4.87. The van der Waals surface area contributed by atoms with Crippen LogP contribution in [0, 0.1) is 0 Å². The number of thiazole rings is 1. The van der Waals surface area contributed by atoms with Crippen LogP contribution in [0.4, 0.5) is 5.13 Å². The van der Waals surface area contributed by atoms with Crippen LogP contribution in [0.1, 0.15) is 6.92 Å². The van der Waals surface area contributed by atoms with Gasteiger partial charge < -0.3 is 10.6 Å². The molecule has 0 bridgehead atoms. The van der Waals surface area contributed by atoms with Crippen molar-refractivity contribution in [2.45, 2.75) is 13.0 Å². The van der Waals surface area contributed by atoms with Crippen LogP contribution in [0.25, 0.3) is 0 Å². The zero-order valence-corrected chi connectivity index (χ0v) is 10.1. The number of hydrogen-bond acceptors (Lipinski definition) is 5. The van der Waals surface area contributed by atoms with Gasteiger partial charge in [-0.3, -0.25) is 9.69 Å². The smallest absolute Gasteiger partial charge is 0.240 e. The fourth-order valence-electron chi connectivity index (χ4n) is 1.80. The molecule has 6 heteroatoms. The van der Waals surface area contributed by atoms with Crippen molar-refractivity contribution in [3.8, 4) is 0 Å². The highest BCUT2D eigenvalue weighted by atomic mass is 32.1. The molecule has 1 fully saturated rings. The Bertz CT molecular complexity index is 341. The Kier molecular flexibility index (Phi) is 3.87. The molecule has 1 aromatic heterocycles. The Balaban J connectivity index is 1.78. The second kappa shape index (κ2) is 5.38. The Morgan fingerprint density at radius 2 is 2.69 bits per heavy atom. The molecule has 1 atom stereocenters. The predicted molar refractivity (Wildman–Crippen MR) is 64.6 cm³/mol. The maximum absolute atomic E-state index is 11.7. The Morgan fingerprint density at radius 1 is 1.81 bits per heavy atom. The second-order valence-electron chi connectivity index (χ2n) is 3.98. The van der Waals surface area contributed by atoms with Crippen molar-refractivity contribution >= 4 is 22.4 Å². The van der Waals surface area contributed by atoms with Gasteiger partial charge in [0, 0.05) is 37.3 Å². The van der Waals surface area contributed by atoms with E-state index in [1.54, 1.807) is 6.20 Å². The first-order valence-electron chi connectivity index (χ1n) is 5.39. The van der Waals surface area contributed by atoms with E-state index in [0.717, 1.165) is 19.6 Å². The third-order valence-corrected chi connectivity index (χ3v) is 3.19. The summed E-state index contributed by atoms with van der Waals surface area (Å²) in [6.45, 7) is 5.38. The summed E-state index contributed by atoms with van der Waals surface area (Å²) in [5.74, 6) is 0.0176. The van der Waals surface area contributed by atoms with E-state index in [4.69, 9.17) is 0 Å². The topological polar surface area (TPSA) is 57.3 Å². The Hall–Kier alpha value is -0.980. The van der Waals surface area contributed by atoms with Gasteiger partial charge >= 0.3 is 0 Å². The number of hydrogen-bond donors (Lipinski definition) is 2. The van der Waals surface area contributed by atoms with Gasteiger partial charge in [-0.2, -0.15) is 0 Å². The van der Waals surface area contributed by atoms with Crippen LogP contribution in [0.2, 0.25) is 0 Å². The average molecular weight is 240 g/mol. The van der Waals surface area contributed by atoms with Crippen LogP contribution < -0.4 is 10.6 Å². The van der Waals surface area contributed by atoms with Crippen molar-refractivity contribution < 1.29 is 4.79 Å². The third kappa shape index (κ3) is 3.26. The molecule has 0 radical (unpaired) electrons. The first-order chi connectivity index (χ1) is 7.74. The summed E-state index contributed by atoms with van der Waals surface area (Å²) in [6, 6.07) is 0.460. The van der Waals surface area contributed by atoms with Crippen molar-refractivity contribution in [1.29, 1.82) is 0 Å². The van der Waals surface area contributed by atoms with Gasteiger partial charge in [0.05, 0.1) is 6.54 Å². The molecule has 0 saturated carbocycles. The number of aromatic nitrogens is 1. The lowest BCUT2D eigenvalue weighted by Gasteiger charge is -2.31. The molecule has 1 aliphatic rings. The highest BCUT2D eigenvalue weighted by molar-refractivity contribution is 7.13. The van der Waals surface area contributed by atoms with Crippen LogP contribution in [-0.2, 0) is 4.79 Å². The lowest BCUT2D eigenvalue weighted by atomic mass is 10.2. The minimum Gasteiger partial charge on any atom is -0.312 e. The highest BCUT2D eigenvalue weighted by Gasteiger charge is 2.18. The molecule has 88 valence electrons. The molecule has 1 saturated heterocycles. The lowest BCUT2D eigenvalue weighted by Crippen LogP contribution is -2.51. The van der Waals surface area contributed by atoms with E-state index in [-0.39, 0.29) is 5.91 Å². The molecule has 2 heterocycles. The van der Waals surface area contributed by atoms with E-state index in [0.29, 0.717) is 17.7 Å². The molecule has 0 aliphatic carbocycles. The fraction of sp³-hybridized carbons (Fsp3) is 0.600. The first-order valence-corrected chi connectivity index (χ1v) is 6.27. The van der Waals surface area contributed by atoms with Crippen LogP contribution in [0.15, 0.2) is 11.6 Å². The summed E-state index contributed by atoms with van der Waals surface area (Å²) in [4.78, 5) is 17.9. The number of anilines is 1. The van der Waals surface area contributed by atoms with Gasteiger partial charge in [0.15, 0.2) is 5.13 Å². The molecular formula is C10H16N4OS. The van der Waals surface area contributed by atoms with E-state index in [9.17, 15) is 4.79 Å². The van der Waals surface area contributed by atoms with Crippen LogP contribution in [0.3, 0.4) is 0 Å². The summed E-state index contributed by atoms with van der Waals surface area (Å²) in [5, 5.41) is 8.66. The standard InChI is InChI=1S/C10H16N4OS/c1-8-6-14(4-2-11-8)7-9(15)13-10-12-3-5-16-10/h3,5,8,11H,2,4,6-7H2,1H3,(H,12,13,15). The molecule has 16 heavy (non-hydrogen) atoms. The summed E-state index contributed by atoms with van der Waals surface area (Å²) >= 11 is 1.44. The van der Waals surface area contributed by atoms with Crippen LogP contribution >= 0.6 is 11.3 Å². The molecule has 1 aromatic rings. The van der Waals surface area contributed by atoms with Gasteiger partial charge in [-0.1, -0.05) is 0 Å². The maximum Gasteiger partial charge on any atom is 0.240 e. The van der Waals surface area contributed by atoms with Crippen molar-refractivity contribution in [2.75, 3.05) is 31.5 Å². The molecule has 1 unspecified atom stereocenters. The number of carbonyl (C=O) groups excluding carboxylic acids is 1. The minimum absolute atomic E-state index is 0.0176. The maximum atomic E-state index is 11.7. The Labute approximate surface area is 98.9 Å². The van der Waals surface area contributed by atoms with E-state index in [1.807, 2.05) is 5.38 Å². The quantitative estimate of drug-likeness (QED) is 0.802. The van der Waals surface area contributed by atoms with E-state index >= 15 is 0 Å². The van der Waals surface area contributed by atoms with Gasteiger partial charge in [-0.15, -0.1) is 11.3 Å². The highest BCUT2D eigenvalue weighted by Crippen LogP contribution is 2.10. The predicted octanol–water partition coefficient (Wildman–Crippen LogP) is 0.375. The Morgan fingerprint density at radius 3 is 3.38 bits per heavy atom. The lowest BCUT2D eigenvalue weighted by molar-refractivity contribution is -0.117.